The molecule has 1 fully saturated rings. The molecule has 0 N–H and O–H groups in total. The van der Waals surface area contributed by atoms with Gasteiger partial charge >= 0.3 is 0 Å². The average molecular weight is 330 g/mol. The Morgan fingerprint density at radius 3 is 2.74 bits per heavy atom. The molecule has 0 unspecified atom stereocenters. The third kappa shape index (κ3) is 3.50. The van der Waals surface area contributed by atoms with Crippen LogP contribution in [0.3, 0.4) is 0 Å². The molecule has 3 rings (SSSR count). The molecule has 1 aliphatic rings. The van der Waals surface area contributed by atoms with Gasteiger partial charge in [-0.15, -0.1) is 0 Å². The van der Waals surface area contributed by atoms with E-state index in [1.54, 1.807) is 7.11 Å². The molecule has 1 aliphatic heterocycles. The maximum Gasteiger partial charge on any atom is 0.227 e. The highest BCUT2D eigenvalue weighted by molar-refractivity contribution is 6.31. The predicted octanol–water partition coefficient (Wildman–Crippen LogP) is 3.91. The summed E-state index contributed by atoms with van der Waals surface area (Å²) in [4.78, 5) is 14.5. The summed E-state index contributed by atoms with van der Waals surface area (Å²) in [6.07, 6.45) is 1.33. The molecule has 0 saturated carbocycles. The van der Waals surface area contributed by atoms with Crippen LogP contribution in [0.25, 0.3) is 0 Å². The Morgan fingerprint density at radius 2 is 1.96 bits per heavy atom. The lowest BCUT2D eigenvalue weighted by molar-refractivity contribution is -0.129. The monoisotopic (exact) mass is 329 g/mol. The molecular formula is C19H20ClNO2. The number of likely N-dealkylation sites (tertiary alicyclic amines) is 1. The summed E-state index contributed by atoms with van der Waals surface area (Å²) in [5.41, 5.74) is 2.07. The molecule has 2 aromatic rings. The van der Waals surface area contributed by atoms with Crippen LogP contribution in [-0.2, 0) is 11.2 Å². The van der Waals surface area contributed by atoms with Crippen molar-refractivity contribution in [1.82, 2.24) is 4.90 Å². The highest BCUT2D eigenvalue weighted by Gasteiger charge is 2.29. The molecule has 4 heteroatoms. The average Bonchev–Trinajstić information content (AvgIpc) is 3.07. The van der Waals surface area contributed by atoms with Gasteiger partial charge in [0.1, 0.15) is 5.75 Å². The second-order valence-electron chi connectivity index (χ2n) is 5.84. The first-order valence-corrected chi connectivity index (χ1v) is 8.21. The second-order valence-corrected chi connectivity index (χ2v) is 6.24. The summed E-state index contributed by atoms with van der Waals surface area (Å²) in [5, 5.41) is 0.654. The molecule has 1 heterocycles. The van der Waals surface area contributed by atoms with Crippen molar-refractivity contribution in [3.05, 3.63) is 64.7 Å². The number of amides is 1. The van der Waals surface area contributed by atoms with E-state index < -0.39 is 0 Å². The van der Waals surface area contributed by atoms with Crippen LogP contribution in [0, 0.1) is 0 Å². The van der Waals surface area contributed by atoms with Crippen molar-refractivity contribution >= 4 is 17.5 Å². The fraction of sp³-hybridized carbons (Fsp3) is 0.316. The van der Waals surface area contributed by atoms with E-state index in [4.69, 9.17) is 16.3 Å². The van der Waals surface area contributed by atoms with Gasteiger partial charge in [0.15, 0.2) is 0 Å². The lowest BCUT2D eigenvalue weighted by Crippen LogP contribution is -2.30. The van der Waals surface area contributed by atoms with Crippen molar-refractivity contribution in [3.63, 3.8) is 0 Å². The molecule has 120 valence electrons. The third-order valence-electron chi connectivity index (χ3n) is 4.42. The zero-order chi connectivity index (χ0) is 16.2. The summed E-state index contributed by atoms with van der Waals surface area (Å²) in [6, 6.07) is 15.6. The van der Waals surface area contributed by atoms with Gasteiger partial charge in [0, 0.05) is 24.0 Å². The van der Waals surface area contributed by atoms with Gasteiger partial charge in [0.05, 0.1) is 13.5 Å². The number of hydrogen-bond donors (Lipinski definition) is 0. The smallest absolute Gasteiger partial charge is 0.227 e. The molecule has 0 spiro atoms. The number of para-hydroxylation sites is 1. The number of nitrogens with zero attached hydrogens (tertiary/aromatic N) is 1. The van der Waals surface area contributed by atoms with Crippen LogP contribution in [0.4, 0.5) is 0 Å². The summed E-state index contributed by atoms with van der Waals surface area (Å²) < 4.78 is 5.44. The van der Waals surface area contributed by atoms with E-state index in [1.807, 2.05) is 47.4 Å². The molecule has 1 saturated heterocycles. The summed E-state index contributed by atoms with van der Waals surface area (Å²) in [5.74, 6) is 1.37. The van der Waals surface area contributed by atoms with E-state index in [9.17, 15) is 4.79 Å². The maximum atomic E-state index is 12.5. The Bertz CT molecular complexity index is 701. The maximum absolute atomic E-state index is 12.5. The van der Waals surface area contributed by atoms with E-state index in [1.165, 1.54) is 5.56 Å². The Kier molecular flexibility index (Phi) is 4.87. The Hall–Kier alpha value is -2.00. The van der Waals surface area contributed by atoms with Crippen LogP contribution in [0.1, 0.15) is 23.5 Å². The van der Waals surface area contributed by atoms with Gasteiger partial charge in [0.25, 0.3) is 0 Å². The Morgan fingerprint density at radius 1 is 1.22 bits per heavy atom. The Balaban J connectivity index is 1.68. The van der Waals surface area contributed by atoms with Crippen molar-refractivity contribution in [3.8, 4) is 5.75 Å². The number of methoxy groups -OCH3 is 1. The molecule has 1 amide bonds. The van der Waals surface area contributed by atoms with Crippen LogP contribution in [-0.4, -0.2) is 31.0 Å². The molecular weight excluding hydrogens is 310 g/mol. The van der Waals surface area contributed by atoms with E-state index in [0.29, 0.717) is 17.4 Å². The number of halogens is 1. The fourth-order valence-electron chi connectivity index (χ4n) is 3.16. The van der Waals surface area contributed by atoms with Crippen LogP contribution in [0.15, 0.2) is 48.5 Å². The quantitative estimate of drug-likeness (QED) is 0.851. The highest BCUT2D eigenvalue weighted by atomic mass is 35.5. The summed E-state index contributed by atoms with van der Waals surface area (Å²) >= 11 is 6.15. The van der Waals surface area contributed by atoms with Crippen molar-refractivity contribution in [2.45, 2.75) is 18.8 Å². The minimum Gasteiger partial charge on any atom is -0.496 e. The minimum atomic E-state index is 0.135. The number of hydrogen-bond acceptors (Lipinski definition) is 2. The molecule has 23 heavy (non-hydrogen) atoms. The fourth-order valence-corrected chi connectivity index (χ4v) is 3.36. The van der Waals surface area contributed by atoms with Crippen LogP contribution in [0.5, 0.6) is 5.75 Å². The van der Waals surface area contributed by atoms with Gasteiger partial charge in [-0.2, -0.15) is 0 Å². The molecule has 0 aliphatic carbocycles. The first-order chi connectivity index (χ1) is 11.2. The van der Waals surface area contributed by atoms with Crippen molar-refractivity contribution in [1.29, 1.82) is 0 Å². The van der Waals surface area contributed by atoms with Gasteiger partial charge in [-0.3, -0.25) is 4.79 Å². The zero-order valence-corrected chi connectivity index (χ0v) is 13.9. The minimum absolute atomic E-state index is 0.135. The first-order valence-electron chi connectivity index (χ1n) is 7.83. The standard InChI is InChI=1S/C19H20ClNO2/c1-23-18-9-5-3-7-16(18)15-10-11-21(13-15)19(22)12-14-6-2-4-8-17(14)20/h2-9,15H,10-13H2,1H3/t15-/m1/s1. The molecule has 0 aromatic heterocycles. The van der Waals surface area contributed by atoms with E-state index in [-0.39, 0.29) is 5.91 Å². The largest absolute Gasteiger partial charge is 0.496 e. The van der Waals surface area contributed by atoms with Gasteiger partial charge in [0.2, 0.25) is 5.91 Å². The number of benzene rings is 2. The molecule has 0 radical (unpaired) electrons. The van der Waals surface area contributed by atoms with Crippen molar-refractivity contribution in [2.75, 3.05) is 20.2 Å². The van der Waals surface area contributed by atoms with Crippen LogP contribution in [0.2, 0.25) is 5.02 Å². The summed E-state index contributed by atoms with van der Waals surface area (Å²) in [7, 11) is 1.69. The highest BCUT2D eigenvalue weighted by Crippen LogP contribution is 2.33. The topological polar surface area (TPSA) is 29.5 Å². The van der Waals surface area contributed by atoms with E-state index in [0.717, 1.165) is 30.8 Å². The van der Waals surface area contributed by atoms with Crippen LogP contribution < -0.4 is 4.74 Å². The SMILES string of the molecule is COc1ccccc1[C@@H]1CCN(C(=O)Cc2ccccc2Cl)C1. The van der Waals surface area contributed by atoms with Crippen LogP contribution >= 0.6 is 11.6 Å². The zero-order valence-electron chi connectivity index (χ0n) is 13.2. The molecule has 0 bridgehead atoms. The molecule has 2 aromatic carbocycles. The molecule has 3 nitrogen and oxygen atoms in total. The van der Waals surface area contributed by atoms with Gasteiger partial charge in [-0.05, 0) is 29.7 Å². The number of carbonyl (C=O) groups excluding carboxylic acids is 1. The van der Waals surface area contributed by atoms with Gasteiger partial charge in [-0.25, -0.2) is 0 Å². The van der Waals surface area contributed by atoms with Crippen molar-refractivity contribution in [2.24, 2.45) is 0 Å². The lowest BCUT2D eigenvalue weighted by atomic mass is 9.97. The van der Waals surface area contributed by atoms with Gasteiger partial charge in [-0.1, -0.05) is 48.0 Å². The van der Waals surface area contributed by atoms with E-state index >= 15 is 0 Å². The third-order valence-corrected chi connectivity index (χ3v) is 4.79. The first kappa shape index (κ1) is 15.9. The predicted molar refractivity (Wildman–Crippen MR) is 92.1 cm³/mol. The Labute approximate surface area is 141 Å². The number of carbonyl (C=O) groups is 1. The van der Waals surface area contributed by atoms with E-state index in [2.05, 4.69) is 6.07 Å². The number of ether oxygens (including phenoxy) is 1. The second kappa shape index (κ2) is 7.05. The lowest BCUT2D eigenvalue weighted by Gasteiger charge is -2.18. The van der Waals surface area contributed by atoms with Gasteiger partial charge < -0.3 is 9.64 Å². The summed E-state index contributed by atoms with van der Waals surface area (Å²) in [6.45, 7) is 1.52. The number of rotatable bonds is 4. The normalized spacial score (nSPS) is 17.3. The molecule has 1 atom stereocenters. The van der Waals surface area contributed by atoms with Crippen molar-refractivity contribution < 1.29 is 9.53 Å².